The predicted molar refractivity (Wildman–Crippen MR) is 176 cm³/mol. The van der Waals surface area contributed by atoms with Crippen molar-refractivity contribution in [2.24, 2.45) is 0 Å². The average Bonchev–Trinajstić information content (AvgIpc) is 3.53. The van der Waals surface area contributed by atoms with E-state index >= 15 is 0 Å². The highest BCUT2D eigenvalue weighted by molar-refractivity contribution is 8.26. The number of rotatable bonds is 12. The second kappa shape index (κ2) is 14.2. The molecule has 5 rings (SSSR count). The summed E-state index contributed by atoms with van der Waals surface area (Å²) in [6.45, 7) is 0.755. The molecule has 1 aromatic heterocycles. The second-order valence-corrected chi connectivity index (χ2v) is 12.3. The van der Waals surface area contributed by atoms with E-state index in [2.05, 4.69) is 0 Å². The number of benzene rings is 3. The smallest absolute Gasteiger partial charge is 0.303 e. The van der Waals surface area contributed by atoms with Gasteiger partial charge in [-0.1, -0.05) is 77.9 Å². The SMILES string of the molecule is O=C(O)CCCCCN1C(=O)/C(=C/c2cn(-c3ccccc3)nc2-c2ccc(OCc3ccc(Cl)cc3Cl)cc2)SC1=S. The molecule has 220 valence electrons. The van der Waals surface area contributed by atoms with Crippen LogP contribution in [0.3, 0.4) is 0 Å². The maximum absolute atomic E-state index is 13.3. The molecule has 0 saturated carbocycles. The van der Waals surface area contributed by atoms with Gasteiger partial charge in [-0.3, -0.25) is 14.5 Å². The van der Waals surface area contributed by atoms with Gasteiger partial charge < -0.3 is 9.84 Å². The van der Waals surface area contributed by atoms with Crippen molar-refractivity contribution in [1.82, 2.24) is 14.7 Å². The van der Waals surface area contributed by atoms with Crippen molar-refractivity contribution in [3.8, 4) is 22.7 Å². The number of aromatic nitrogens is 2. The van der Waals surface area contributed by atoms with Crippen molar-refractivity contribution < 1.29 is 19.4 Å². The Morgan fingerprint density at radius 3 is 2.51 bits per heavy atom. The topological polar surface area (TPSA) is 84.7 Å². The molecule has 1 aliphatic heterocycles. The van der Waals surface area contributed by atoms with E-state index in [9.17, 15) is 9.59 Å². The third kappa shape index (κ3) is 7.86. The number of carboxylic acids is 1. The Morgan fingerprint density at radius 1 is 1.02 bits per heavy atom. The fourth-order valence-corrected chi connectivity index (χ4v) is 6.26. The second-order valence-electron chi connectivity index (χ2n) is 9.80. The summed E-state index contributed by atoms with van der Waals surface area (Å²) in [5, 5.41) is 14.8. The van der Waals surface area contributed by atoms with Crippen molar-refractivity contribution in [2.75, 3.05) is 6.54 Å². The number of thiocarbonyl (C=S) groups is 1. The number of aliphatic carboxylic acids is 1. The van der Waals surface area contributed by atoms with E-state index < -0.39 is 5.97 Å². The van der Waals surface area contributed by atoms with Crippen LogP contribution in [0.25, 0.3) is 23.0 Å². The highest BCUT2D eigenvalue weighted by atomic mass is 35.5. The highest BCUT2D eigenvalue weighted by Crippen LogP contribution is 2.35. The molecule has 1 N–H and O–H groups in total. The van der Waals surface area contributed by atoms with Gasteiger partial charge in [0.25, 0.3) is 5.91 Å². The molecular weight excluding hydrogens is 625 g/mol. The largest absolute Gasteiger partial charge is 0.489 e. The predicted octanol–water partition coefficient (Wildman–Crippen LogP) is 8.27. The molecule has 43 heavy (non-hydrogen) atoms. The summed E-state index contributed by atoms with van der Waals surface area (Å²) < 4.78 is 8.23. The van der Waals surface area contributed by atoms with Crippen LogP contribution in [0.15, 0.2) is 83.9 Å². The summed E-state index contributed by atoms with van der Waals surface area (Å²) in [6, 6.07) is 22.6. The van der Waals surface area contributed by atoms with E-state index in [1.54, 1.807) is 21.7 Å². The van der Waals surface area contributed by atoms with Crippen LogP contribution in [0.5, 0.6) is 5.75 Å². The number of unbranched alkanes of at least 4 members (excludes halogenated alkanes) is 2. The first-order valence-corrected chi connectivity index (χ1v) is 15.6. The van der Waals surface area contributed by atoms with E-state index in [1.165, 1.54) is 11.8 Å². The molecule has 0 atom stereocenters. The fraction of sp³-hybridized carbons (Fsp3) is 0.188. The summed E-state index contributed by atoms with van der Waals surface area (Å²) in [7, 11) is 0. The number of halogens is 2. The van der Waals surface area contributed by atoms with E-state index in [1.807, 2.05) is 72.9 Å². The third-order valence-corrected chi connectivity index (χ3v) is 8.70. The Labute approximate surface area is 269 Å². The minimum atomic E-state index is -0.814. The first kappa shape index (κ1) is 30.8. The van der Waals surface area contributed by atoms with Gasteiger partial charge in [0.05, 0.1) is 16.3 Å². The van der Waals surface area contributed by atoms with Gasteiger partial charge >= 0.3 is 5.97 Å². The third-order valence-electron chi connectivity index (χ3n) is 6.73. The van der Waals surface area contributed by atoms with Gasteiger partial charge in [0, 0.05) is 45.9 Å². The number of hydrogen-bond donors (Lipinski definition) is 1. The zero-order valence-electron chi connectivity index (χ0n) is 22.9. The van der Waals surface area contributed by atoms with Crippen LogP contribution in [-0.2, 0) is 16.2 Å². The molecule has 0 unspecified atom stereocenters. The highest BCUT2D eigenvalue weighted by Gasteiger charge is 2.32. The van der Waals surface area contributed by atoms with Crippen molar-refractivity contribution in [1.29, 1.82) is 0 Å². The average molecular weight is 653 g/mol. The molecule has 0 aliphatic carbocycles. The van der Waals surface area contributed by atoms with Crippen molar-refractivity contribution in [2.45, 2.75) is 32.3 Å². The quantitative estimate of drug-likeness (QED) is 0.0937. The monoisotopic (exact) mass is 651 g/mol. The molecule has 3 aromatic carbocycles. The number of para-hydroxylation sites is 1. The van der Waals surface area contributed by atoms with Crippen LogP contribution in [0.1, 0.15) is 36.8 Å². The minimum absolute atomic E-state index is 0.121. The van der Waals surface area contributed by atoms with Crippen LogP contribution in [0.2, 0.25) is 10.0 Å². The summed E-state index contributed by atoms with van der Waals surface area (Å²) in [6.07, 6.45) is 5.82. The summed E-state index contributed by atoms with van der Waals surface area (Å²) in [5.74, 6) is -0.301. The van der Waals surface area contributed by atoms with Gasteiger partial charge in [-0.25, -0.2) is 4.68 Å². The number of carbonyl (C=O) groups excluding carboxylic acids is 1. The lowest BCUT2D eigenvalue weighted by molar-refractivity contribution is -0.137. The molecule has 0 radical (unpaired) electrons. The number of carboxylic acid groups (broad SMARTS) is 1. The molecule has 4 aromatic rings. The molecule has 2 heterocycles. The van der Waals surface area contributed by atoms with Crippen molar-refractivity contribution in [3.63, 3.8) is 0 Å². The normalized spacial score (nSPS) is 14.1. The zero-order chi connectivity index (χ0) is 30.3. The number of thioether (sulfide) groups is 1. The van der Waals surface area contributed by atoms with Crippen molar-refractivity contribution >= 4 is 69.5 Å². The van der Waals surface area contributed by atoms with Gasteiger partial charge in [0.1, 0.15) is 16.7 Å². The van der Waals surface area contributed by atoms with Crippen molar-refractivity contribution in [3.05, 3.63) is 105 Å². The Balaban J connectivity index is 1.36. The van der Waals surface area contributed by atoms with E-state index in [0.29, 0.717) is 63.1 Å². The molecule has 1 amide bonds. The van der Waals surface area contributed by atoms with Crippen LogP contribution in [0.4, 0.5) is 0 Å². The Kier molecular flexibility index (Phi) is 10.2. The van der Waals surface area contributed by atoms with Crippen LogP contribution in [0, 0.1) is 0 Å². The number of amides is 1. The summed E-state index contributed by atoms with van der Waals surface area (Å²) in [4.78, 5) is 26.2. The minimum Gasteiger partial charge on any atom is -0.489 e. The van der Waals surface area contributed by atoms with Crippen LogP contribution in [-0.4, -0.2) is 42.5 Å². The Bertz CT molecular complexity index is 1670. The Morgan fingerprint density at radius 2 is 1.79 bits per heavy atom. The maximum Gasteiger partial charge on any atom is 0.303 e. The Hall–Kier alpha value is -3.63. The molecule has 0 spiro atoms. The number of carbonyl (C=O) groups is 2. The van der Waals surface area contributed by atoms with E-state index in [4.69, 9.17) is 50.4 Å². The van der Waals surface area contributed by atoms with Gasteiger partial charge in [-0.05, 0) is 67.4 Å². The lowest BCUT2D eigenvalue weighted by Crippen LogP contribution is -2.29. The molecule has 1 aliphatic rings. The molecule has 0 bridgehead atoms. The van der Waals surface area contributed by atoms with Crippen LogP contribution >= 0.6 is 47.2 Å². The molecule has 1 saturated heterocycles. The molecule has 7 nitrogen and oxygen atoms in total. The zero-order valence-corrected chi connectivity index (χ0v) is 26.1. The van der Waals surface area contributed by atoms with E-state index in [-0.39, 0.29) is 12.3 Å². The summed E-state index contributed by atoms with van der Waals surface area (Å²) in [5.41, 5.74) is 4.04. The van der Waals surface area contributed by atoms with Gasteiger partial charge in [-0.15, -0.1) is 0 Å². The van der Waals surface area contributed by atoms with Gasteiger partial charge in [0.2, 0.25) is 0 Å². The molecule has 1 fully saturated rings. The number of nitrogens with zero attached hydrogens (tertiary/aromatic N) is 3. The number of ether oxygens (including phenoxy) is 1. The standard InChI is InChI=1S/C32H27Cl2N3O4S2/c33-24-13-10-22(27(34)18-24)20-41-26-14-11-21(12-15-26)30-23(19-37(35-30)25-7-3-1-4-8-25)17-28-31(40)36(32(42)43-28)16-6-2-5-9-29(38)39/h1,3-4,7-8,10-15,17-19H,2,5-6,9,16,20H2,(H,38,39)/b28-17-. The first-order valence-electron chi connectivity index (χ1n) is 13.6. The summed E-state index contributed by atoms with van der Waals surface area (Å²) >= 11 is 19.0. The maximum atomic E-state index is 13.3. The van der Waals surface area contributed by atoms with Crippen LogP contribution < -0.4 is 4.74 Å². The first-order chi connectivity index (χ1) is 20.8. The van der Waals surface area contributed by atoms with Gasteiger partial charge in [0.15, 0.2) is 0 Å². The lowest BCUT2D eigenvalue weighted by atomic mass is 10.1. The van der Waals surface area contributed by atoms with E-state index in [0.717, 1.165) is 22.4 Å². The fourth-order valence-electron chi connectivity index (χ4n) is 4.50. The molecular formula is C32H27Cl2N3O4S2. The molecule has 11 heteroatoms. The lowest BCUT2D eigenvalue weighted by Gasteiger charge is -2.13. The number of hydrogen-bond acceptors (Lipinski definition) is 6. The van der Waals surface area contributed by atoms with Gasteiger partial charge in [-0.2, -0.15) is 5.10 Å².